The lowest BCUT2D eigenvalue weighted by Crippen LogP contribution is -2.60. The third-order valence-electron chi connectivity index (χ3n) is 5.12. The first-order valence-electron chi connectivity index (χ1n) is 7.99. The fourth-order valence-electron chi connectivity index (χ4n) is 3.99. The first-order valence-corrected chi connectivity index (χ1v) is 7.99. The molecule has 0 bridgehead atoms. The summed E-state index contributed by atoms with van der Waals surface area (Å²) in [7, 11) is 1.82. The van der Waals surface area contributed by atoms with Crippen molar-refractivity contribution in [3.63, 3.8) is 0 Å². The second-order valence-electron chi connectivity index (χ2n) is 6.41. The zero-order valence-corrected chi connectivity index (χ0v) is 13.1. The summed E-state index contributed by atoms with van der Waals surface area (Å²) in [6.07, 6.45) is 6.68. The lowest BCUT2D eigenvalue weighted by molar-refractivity contribution is -0.144. The number of carbonyl (C=O) groups is 2. The van der Waals surface area contributed by atoms with Gasteiger partial charge in [-0.05, 0) is 37.8 Å². The van der Waals surface area contributed by atoms with E-state index in [4.69, 9.17) is 0 Å². The number of aromatic nitrogens is 3. The molecule has 120 valence electrons. The molecular weight excluding hydrogens is 294 g/mol. The molecule has 2 saturated heterocycles. The summed E-state index contributed by atoms with van der Waals surface area (Å²) < 4.78 is 1.73. The molecule has 7 heteroatoms. The highest BCUT2D eigenvalue weighted by Gasteiger charge is 2.52. The monoisotopic (exact) mass is 313 g/mol. The van der Waals surface area contributed by atoms with E-state index in [1.165, 1.54) is 0 Å². The summed E-state index contributed by atoms with van der Waals surface area (Å²) in [5.41, 5.74) is 0.375. The van der Waals surface area contributed by atoms with Crippen LogP contribution in [0.3, 0.4) is 0 Å². The van der Waals surface area contributed by atoms with Gasteiger partial charge in [-0.25, -0.2) is 0 Å². The van der Waals surface area contributed by atoms with Gasteiger partial charge >= 0.3 is 0 Å². The molecule has 2 aliphatic rings. The van der Waals surface area contributed by atoms with E-state index in [9.17, 15) is 9.59 Å². The Morgan fingerprint density at radius 1 is 1.26 bits per heavy atom. The molecular formula is C16H19N5O2. The predicted molar refractivity (Wildman–Crippen MR) is 82.9 cm³/mol. The highest BCUT2D eigenvalue weighted by atomic mass is 16.2. The van der Waals surface area contributed by atoms with Crippen LogP contribution in [0.15, 0.2) is 24.7 Å². The molecule has 0 saturated carbocycles. The Morgan fingerprint density at radius 3 is 2.87 bits per heavy atom. The quantitative estimate of drug-likeness (QED) is 0.786. The molecule has 2 aromatic rings. The molecule has 1 atom stereocenters. The summed E-state index contributed by atoms with van der Waals surface area (Å²) in [4.78, 5) is 29.5. The van der Waals surface area contributed by atoms with Crippen molar-refractivity contribution >= 4 is 17.5 Å². The van der Waals surface area contributed by atoms with Gasteiger partial charge in [0.15, 0.2) is 5.65 Å². The molecule has 0 radical (unpaired) electrons. The highest BCUT2D eigenvalue weighted by Crippen LogP contribution is 2.38. The van der Waals surface area contributed by atoms with Crippen molar-refractivity contribution in [2.24, 2.45) is 0 Å². The van der Waals surface area contributed by atoms with E-state index >= 15 is 0 Å². The van der Waals surface area contributed by atoms with E-state index in [0.717, 1.165) is 32.2 Å². The number of fused-ring (bicyclic) bond motifs is 1. The molecule has 2 fully saturated rings. The molecule has 0 N–H and O–H groups in total. The third kappa shape index (κ3) is 1.95. The van der Waals surface area contributed by atoms with E-state index in [1.54, 1.807) is 32.7 Å². The van der Waals surface area contributed by atoms with Gasteiger partial charge in [-0.1, -0.05) is 0 Å². The Hall–Kier alpha value is -2.44. The number of hydrogen-bond acceptors (Lipinski definition) is 4. The molecule has 7 nitrogen and oxygen atoms in total. The first kappa shape index (κ1) is 14.2. The van der Waals surface area contributed by atoms with Gasteiger partial charge in [-0.2, -0.15) is 0 Å². The zero-order valence-electron chi connectivity index (χ0n) is 13.1. The van der Waals surface area contributed by atoms with Gasteiger partial charge in [0.2, 0.25) is 5.91 Å². The van der Waals surface area contributed by atoms with Gasteiger partial charge in [0, 0.05) is 26.3 Å². The average Bonchev–Trinajstić information content (AvgIpc) is 3.19. The third-order valence-corrected chi connectivity index (χ3v) is 5.12. The fraction of sp³-hybridized carbons (Fsp3) is 0.500. The van der Waals surface area contributed by atoms with E-state index < -0.39 is 5.54 Å². The van der Waals surface area contributed by atoms with Crippen LogP contribution in [0, 0.1) is 0 Å². The maximum atomic E-state index is 13.2. The molecule has 0 aliphatic carbocycles. The van der Waals surface area contributed by atoms with Crippen molar-refractivity contribution < 1.29 is 9.59 Å². The molecule has 2 amide bonds. The maximum Gasteiger partial charge on any atom is 0.258 e. The number of likely N-dealkylation sites (N-methyl/N-ethyl adjacent to an activating group) is 1. The molecule has 4 rings (SSSR count). The van der Waals surface area contributed by atoms with E-state index in [2.05, 4.69) is 10.2 Å². The van der Waals surface area contributed by atoms with Crippen molar-refractivity contribution in [1.82, 2.24) is 24.4 Å². The normalized spacial score (nSPS) is 24.8. The Morgan fingerprint density at radius 2 is 2.04 bits per heavy atom. The van der Waals surface area contributed by atoms with Crippen LogP contribution in [0.25, 0.3) is 5.65 Å². The highest BCUT2D eigenvalue weighted by molar-refractivity contribution is 6.03. The SMILES string of the molecule is CN1CCCC2(CCCN2C(=O)c2cccn3cnnc23)C1=O. The van der Waals surface area contributed by atoms with Crippen LogP contribution in [0.5, 0.6) is 0 Å². The maximum absolute atomic E-state index is 13.2. The summed E-state index contributed by atoms with van der Waals surface area (Å²) in [6, 6.07) is 3.57. The fourth-order valence-corrected chi connectivity index (χ4v) is 3.99. The van der Waals surface area contributed by atoms with Crippen LogP contribution in [-0.4, -0.2) is 61.9 Å². The Balaban J connectivity index is 1.75. The molecule has 4 heterocycles. The van der Waals surface area contributed by atoms with Crippen LogP contribution in [-0.2, 0) is 4.79 Å². The van der Waals surface area contributed by atoms with Gasteiger partial charge in [0.05, 0.1) is 5.56 Å². The molecule has 0 aromatic carbocycles. The summed E-state index contributed by atoms with van der Waals surface area (Å²) in [5, 5.41) is 7.92. The lowest BCUT2D eigenvalue weighted by Gasteiger charge is -2.43. The second kappa shape index (κ2) is 5.04. The number of nitrogens with zero attached hydrogens (tertiary/aromatic N) is 5. The van der Waals surface area contributed by atoms with Crippen LogP contribution in [0.4, 0.5) is 0 Å². The van der Waals surface area contributed by atoms with E-state index in [0.29, 0.717) is 17.8 Å². The zero-order chi connectivity index (χ0) is 16.0. The van der Waals surface area contributed by atoms with Crippen molar-refractivity contribution in [2.45, 2.75) is 31.2 Å². The van der Waals surface area contributed by atoms with Crippen LogP contribution < -0.4 is 0 Å². The van der Waals surface area contributed by atoms with E-state index in [1.807, 2.05) is 13.2 Å². The van der Waals surface area contributed by atoms with E-state index in [-0.39, 0.29) is 11.8 Å². The molecule has 1 unspecified atom stereocenters. The summed E-state index contributed by atoms with van der Waals surface area (Å²) in [5.74, 6) is -0.0484. The van der Waals surface area contributed by atoms with Crippen molar-refractivity contribution in [1.29, 1.82) is 0 Å². The van der Waals surface area contributed by atoms with Crippen molar-refractivity contribution in [3.05, 3.63) is 30.2 Å². The number of hydrogen-bond donors (Lipinski definition) is 0. The summed E-state index contributed by atoms with van der Waals surface area (Å²) >= 11 is 0. The standard InChI is InChI=1S/C16H19N5O2/c1-19-8-3-6-16(15(19)23)7-4-10-21(16)14(22)12-5-2-9-20-11-17-18-13(12)20/h2,5,9,11H,3-4,6-8,10H2,1H3. The average molecular weight is 313 g/mol. The largest absolute Gasteiger partial charge is 0.344 e. The number of carbonyl (C=O) groups excluding carboxylic acids is 2. The lowest BCUT2D eigenvalue weighted by atomic mass is 9.85. The minimum absolute atomic E-state index is 0.0722. The predicted octanol–water partition coefficient (Wildman–Crippen LogP) is 0.956. The number of piperidine rings is 1. The minimum atomic E-state index is -0.670. The number of likely N-dealkylation sites (tertiary alicyclic amines) is 2. The molecule has 2 aliphatic heterocycles. The van der Waals surface area contributed by atoms with Crippen molar-refractivity contribution in [2.75, 3.05) is 20.1 Å². The molecule has 1 spiro atoms. The van der Waals surface area contributed by atoms with Gasteiger partial charge in [-0.3, -0.25) is 14.0 Å². The minimum Gasteiger partial charge on any atom is -0.344 e. The van der Waals surface area contributed by atoms with Gasteiger partial charge in [0.1, 0.15) is 11.9 Å². The molecule has 23 heavy (non-hydrogen) atoms. The van der Waals surface area contributed by atoms with Crippen LogP contribution in [0.2, 0.25) is 0 Å². The smallest absolute Gasteiger partial charge is 0.258 e. The topological polar surface area (TPSA) is 70.8 Å². The Kier molecular flexibility index (Phi) is 3.11. The van der Waals surface area contributed by atoms with Crippen LogP contribution >= 0.6 is 0 Å². The van der Waals surface area contributed by atoms with Gasteiger partial charge < -0.3 is 9.80 Å². The van der Waals surface area contributed by atoms with Gasteiger partial charge in [0.25, 0.3) is 5.91 Å². The first-order chi connectivity index (χ1) is 11.1. The summed E-state index contributed by atoms with van der Waals surface area (Å²) in [6.45, 7) is 1.38. The van der Waals surface area contributed by atoms with Gasteiger partial charge in [-0.15, -0.1) is 10.2 Å². The van der Waals surface area contributed by atoms with Crippen molar-refractivity contribution in [3.8, 4) is 0 Å². The molecule has 2 aromatic heterocycles. The second-order valence-corrected chi connectivity index (χ2v) is 6.41. The van der Waals surface area contributed by atoms with Crippen LogP contribution in [0.1, 0.15) is 36.0 Å². The Bertz CT molecular complexity index is 786. The number of pyridine rings is 1. The Labute approximate surface area is 133 Å². The number of amides is 2. The number of rotatable bonds is 1.